The molecule has 5 rings (SSSR count). The molecule has 2 aliphatic heterocycles. The van der Waals surface area contributed by atoms with E-state index in [-0.39, 0.29) is 43.9 Å². The van der Waals surface area contributed by atoms with E-state index in [2.05, 4.69) is 72.9 Å². The minimum Gasteiger partial charge on any atom is -0.462 e. The lowest BCUT2D eigenvalue weighted by Crippen LogP contribution is -2.69. The minimum atomic E-state index is -0.978. The lowest BCUT2D eigenvalue weighted by molar-refractivity contribution is -0.370. The van der Waals surface area contributed by atoms with Crippen LogP contribution < -0.4 is 5.32 Å². The molecule has 2 saturated heterocycles. The molecule has 2 aliphatic rings. The predicted molar refractivity (Wildman–Crippen MR) is 315 cm³/mol. The molecule has 0 aliphatic carbocycles. The van der Waals surface area contributed by atoms with Gasteiger partial charge < -0.3 is 33.7 Å². The molecule has 0 bridgehead atoms. The highest BCUT2D eigenvalue weighted by Gasteiger charge is 2.54. The zero-order valence-electron chi connectivity index (χ0n) is 49.0. The molecule has 6 atom stereocenters. The Labute approximate surface area is 472 Å². The molecule has 3 aromatic rings. The first-order valence-corrected chi connectivity index (χ1v) is 31.6. The van der Waals surface area contributed by atoms with Crippen molar-refractivity contribution in [3.05, 3.63) is 108 Å². The van der Waals surface area contributed by atoms with Crippen LogP contribution in [0, 0.1) is 0 Å². The van der Waals surface area contributed by atoms with Gasteiger partial charge in [0.1, 0.15) is 24.4 Å². The number of hydrogen-bond acceptors (Lipinski definition) is 9. The maximum atomic E-state index is 14.4. The van der Waals surface area contributed by atoms with Gasteiger partial charge >= 0.3 is 11.9 Å². The fourth-order valence-electron chi connectivity index (χ4n) is 11.1. The van der Waals surface area contributed by atoms with Crippen molar-refractivity contribution in [1.29, 1.82) is 0 Å². The van der Waals surface area contributed by atoms with E-state index in [1.54, 1.807) is 0 Å². The number of unbranched alkanes of at least 4 members (excludes halogenated alkanes) is 26. The normalized spacial score (nSPS) is 19.2. The smallest absolute Gasteiger partial charge is 0.306 e. The van der Waals surface area contributed by atoms with Gasteiger partial charge in [0.15, 0.2) is 18.2 Å². The Bertz CT molecular complexity index is 1980. The summed E-state index contributed by atoms with van der Waals surface area (Å²) in [7, 11) is 0. The zero-order valence-corrected chi connectivity index (χ0v) is 49.0. The minimum absolute atomic E-state index is 0.0185. The molecule has 436 valence electrons. The van der Waals surface area contributed by atoms with E-state index < -0.39 is 42.5 Å². The van der Waals surface area contributed by atoms with Gasteiger partial charge in [0.05, 0.1) is 19.6 Å². The summed E-state index contributed by atoms with van der Waals surface area (Å²) in [5.41, 5.74) is 3.80. The molecular formula is C68H105NO9. The van der Waals surface area contributed by atoms with Gasteiger partial charge in [0.25, 0.3) is 0 Å². The molecule has 2 heterocycles. The molecule has 3 aromatic carbocycles. The highest BCUT2D eigenvalue weighted by atomic mass is 16.8. The van der Waals surface area contributed by atoms with E-state index in [1.807, 2.05) is 44.2 Å². The number of amides is 1. The molecule has 1 N–H and O–H groups in total. The monoisotopic (exact) mass is 1080 g/mol. The Kier molecular flexibility index (Phi) is 33.3. The van der Waals surface area contributed by atoms with Gasteiger partial charge in [-0.3, -0.25) is 14.4 Å². The lowest BCUT2D eigenvalue weighted by Gasteiger charge is -2.50. The van der Waals surface area contributed by atoms with Gasteiger partial charge in [-0.15, -0.1) is 0 Å². The summed E-state index contributed by atoms with van der Waals surface area (Å²) < 4.78 is 38.2. The number of carbonyl (C=O) groups is 3. The number of carbonyl (C=O) groups excluding carboxylic acids is 3. The maximum Gasteiger partial charge on any atom is 0.306 e. The maximum absolute atomic E-state index is 14.4. The highest BCUT2D eigenvalue weighted by Crippen LogP contribution is 2.35. The quantitative estimate of drug-likeness (QED) is 0.0436. The number of rotatable bonds is 44. The number of esters is 2. The Morgan fingerprint density at radius 2 is 0.987 bits per heavy atom. The van der Waals surface area contributed by atoms with E-state index in [1.165, 1.54) is 140 Å². The van der Waals surface area contributed by atoms with Crippen LogP contribution in [0.15, 0.2) is 91.0 Å². The predicted octanol–water partition coefficient (Wildman–Crippen LogP) is 16.8. The van der Waals surface area contributed by atoms with E-state index in [0.717, 1.165) is 76.2 Å². The van der Waals surface area contributed by atoms with Gasteiger partial charge in [-0.25, -0.2) is 0 Å². The molecule has 78 heavy (non-hydrogen) atoms. The van der Waals surface area contributed by atoms with Crippen LogP contribution in [-0.4, -0.2) is 67.0 Å². The number of benzene rings is 3. The summed E-state index contributed by atoms with van der Waals surface area (Å²) in [4.78, 5) is 41.8. The topological polar surface area (TPSA) is 119 Å². The van der Waals surface area contributed by atoms with Crippen LogP contribution in [0.3, 0.4) is 0 Å². The molecule has 0 spiro atoms. The third-order valence-electron chi connectivity index (χ3n) is 15.7. The van der Waals surface area contributed by atoms with Gasteiger partial charge in [0.2, 0.25) is 5.91 Å². The van der Waals surface area contributed by atoms with E-state index in [0.29, 0.717) is 12.8 Å². The van der Waals surface area contributed by atoms with Crippen molar-refractivity contribution < 1.29 is 42.8 Å². The van der Waals surface area contributed by atoms with E-state index in [9.17, 15) is 14.4 Å². The standard InChI is InChI=1S/C68H105NO9/c1-4-5-6-7-8-13-20-25-39-50-59(75-62(71)51-40-26-21-16-11-9-14-18-23-31-42-56-44-33-28-34-45-56)53-61(70)69-64-66(65-60(55-74-68(2,3)78-65)76-67(64)73-54-58-48-37-30-38-49-58)77-63(72)52-41-27-22-17-12-10-15-19-24-32-43-57-46-35-29-36-47-57/h28-30,33-38,44-49,59-60,64-67H,4-27,31-32,39-43,50-55H2,1-3H3,(H,69,70)/t59-,60+,64+,65+,66+,67+/m0/s1. The first-order chi connectivity index (χ1) is 38.2. The van der Waals surface area contributed by atoms with Crippen molar-refractivity contribution in [2.24, 2.45) is 0 Å². The Balaban J connectivity index is 1.12. The molecule has 10 heteroatoms. The number of ether oxygens (including phenoxy) is 6. The van der Waals surface area contributed by atoms with Crippen LogP contribution in [0.4, 0.5) is 0 Å². The molecule has 0 unspecified atom stereocenters. The zero-order chi connectivity index (χ0) is 55.1. The first-order valence-electron chi connectivity index (χ1n) is 31.6. The van der Waals surface area contributed by atoms with Crippen molar-refractivity contribution in [3.8, 4) is 0 Å². The van der Waals surface area contributed by atoms with Crippen molar-refractivity contribution in [2.75, 3.05) is 6.61 Å². The highest BCUT2D eigenvalue weighted by molar-refractivity contribution is 5.78. The van der Waals surface area contributed by atoms with Crippen LogP contribution >= 0.6 is 0 Å². The molecule has 2 fully saturated rings. The first kappa shape index (κ1) is 64.7. The largest absolute Gasteiger partial charge is 0.462 e. The number of aryl methyl sites for hydroxylation is 2. The average molecular weight is 1080 g/mol. The summed E-state index contributed by atoms with van der Waals surface area (Å²) >= 11 is 0. The summed E-state index contributed by atoms with van der Waals surface area (Å²) in [5, 5.41) is 3.20. The Hall–Kier alpha value is -4.09. The summed E-state index contributed by atoms with van der Waals surface area (Å²) in [6.07, 6.45) is 33.4. The molecular weight excluding hydrogens is 975 g/mol. The summed E-state index contributed by atoms with van der Waals surface area (Å²) in [6.45, 7) is 6.34. The van der Waals surface area contributed by atoms with Gasteiger partial charge in [0, 0.05) is 12.8 Å². The molecule has 0 radical (unpaired) electrons. The Morgan fingerprint density at radius 1 is 0.551 bits per heavy atom. The van der Waals surface area contributed by atoms with Crippen LogP contribution in [0.2, 0.25) is 0 Å². The van der Waals surface area contributed by atoms with Crippen LogP contribution in [-0.2, 0) is 62.3 Å². The van der Waals surface area contributed by atoms with Crippen molar-refractivity contribution in [3.63, 3.8) is 0 Å². The second-order valence-electron chi connectivity index (χ2n) is 23.2. The van der Waals surface area contributed by atoms with Crippen molar-refractivity contribution in [2.45, 2.75) is 295 Å². The molecule has 0 saturated carbocycles. The Morgan fingerprint density at radius 3 is 1.49 bits per heavy atom. The van der Waals surface area contributed by atoms with Crippen LogP contribution in [0.25, 0.3) is 0 Å². The summed E-state index contributed by atoms with van der Waals surface area (Å²) in [5.74, 6) is -1.88. The third-order valence-corrected chi connectivity index (χ3v) is 15.7. The van der Waals surface area contributed by atoms with Gasteiger partial charge in [-0.05, 0) is 81.9 Å². The van der Waals surface area contributed by atoms with Crippen LogP contribution in [0.1, 0.15) is 249 Å². The van der Waals surface area contributed by atoms with Crippen molar-refractivity contribution >= 4 is 17.8 Å². The third kappa shape index (κ3) is 28.4. The SMILES string of the molecule is CCCCCCCCCCC[C@@H](CC(=O)N[C@H]1[C@H](OCc2ccccc2)O[C@@H]2COC(C)(C)O[C@H]2[C@@H]1OC(=O)CCCCCCCCCCCCc1ccccc1)OC(=O)CCCCCCCCCCCCc1ccccc1. The second-order valence-corrected chi connectivity index (χ2v) is 23.2. The fraction of sp³-hybridized carbons (Fsp3) is 0.691. The number of fused-ring (bicyclic) bond motifs is 1. The van der Waals surface area contributed by atoms with Gasteiger partial charge in [-0.2, -0.15) is 0 Å². The average Bonchev–Trinajstić information content (AvgIpc) is 3.46. The van der Waals surface area contributed by atoms with Gasteiger partial charge in [-0.1, -0.05) is 252 Å². The van der Waals surface area contributed by atoms with Crippen molar-refractivity contribution in [1.82, 2.24) is 5.32 Å². The van der Waals surface area contributed by atoms with E-state index >= 15 is 0 Å². The number of hydrogen-bond donors (Lipinski definition) is 1. The lowest BCUT2D eigenvalue weighted by atomic mass is 9.94. The fourth-order valence-corrected chi connectivity index (χ4v) is 11.1. The second kappa shape index (κ2) is 40.1. The molecule has 1 amide bonds. The molecule has 0 aromatic heterocycles. The van der Waals surface area contributed by atoms with Crippen LogP contribution in [0.5, 0.6) is 0 Å². The molecule has 10 nitrogen and oxygen atoms in total. The number of nitrogens with one attached hydrogen (secondary N) is 1. The summed E-state index contributed by atoms with van der Waals surface area (Å²) in [6, 6.07) is 30.4. The van der Waals surface area contributed by atoms with E-state index in [4.69, 9.17) is 28.4 Å².